The van der Waals surface area contributed by atoms with Crippen LogP contribution in [0.4, 0.5) is 0 Å². The molecule has 1 aliphatic carbocycles. The molecule has 1 heterocycles. The van der Waals surface area contributed by atoms with Crippen molar-refractivity contribution in [3.05, 3.63) is 88.4 Å². The monoisotopic (exact) mass is 658 g/mol. The first-order valence-corrected chi connectivity index (χ1v) is 12.1. The summed E-state index contributed by atoms with van der Waals surface area (Å²) < 4.78 is 14.2. The molecule has 0 aromatic heterocycles. The van der Waals surface area contributed by atoms with Gasteiger partial charge >= 0.3 is 5.97 Å². The van der Waals surface area contributed by atoms with Crippen molar-refractivity contribution in [2.45, 2.75) is 13.0 Å². The lowest BCUT2D eigenvalue weighted by Crippen LogP contribution is -2.21. The lowest BCUT2D eigenvalue weighted by atomic mass is 9.85. The first-order valence-electron chi connectivity index (χ1n) is 8.96. The Morgan fingerprint density at radius 1 is 1.13 bits per heavy atom. The van der Waals surface area contributed by atoms with Crippen LogP contribution in [-0.4, -0.2) is 23.8 Å². The number of hydrogen-bond acceptors (Lipinski definition) is 4. The number of allylic oxidation sites excluding steroid dienone is 1. The van der Waals surface area contributed by atoms with Crippen LogP contribution in [0.15, 0.2) is 71.7 Å². The number of rotatable bonds is 3. The molecule has 0 bridgehead atoms. The van der Waals surface area contributed by atoms with E-state index in [4.69, 9.17) is 9.47 Å². The van der Waals surface area contributed by atoms with E-state index in [0.29, 0.717) is 31.6 Å². The first kappa shape index (κ1) is 22.0. The molecule has 2 aliphatic rings. The molecular weight excluding hydrogens is 648 g/mol. The highest BCUT2D eigenvalue weighted by molar-refractivity contribution is 9.12. The van der Waals surface area contributed by atoms with E-state index in [1.165, 1.54) is 0 Å². The van der Waals surface area contributed by atoms with Gasteiger partial charge < -0.3 is 14.6 Å². The molecule has 154 valence electrons. The molecule has 0 saturated heterocycles. The van der Waals surface area contributed by atoms with Crippen molar-refractivity contribution < 1.29 is 19.4 Å². The fourth-order valence-electron chi connectivity index (χ4n) is 3.42. The highest BCUT2D eigenvalue weighted by Crippen LogP contribution is 2.50. The molecule has 4 nitrogen and oxygen atoms in total. The molecule has 1 N–H and O–H groups in total. The normalized spacial score (nSPS) is 17.8. The zero-order valence-electron chi connectivity index (χ0n) is 15.5. The molecule has 8 heteroatoms. The molecule has 0 radical (unpaired) electrons. The third kappa shape index (κ3) is 3.77. The summed E-state index contributed by atoms with van der Waals surface area (Å²) in [5.74, 6) is 0.697. The van der Waals surface area contributed by atoms with E-state index in [-0.39, 0.29) is 6.61 Å². The average Bonchev–Trinajstić information content (AvgIpc) is 2.71. The summed E-state index contributed by atoms with van der Waals surface area (Å²) in [5, 5.41) is 10.5. The van der Waals surface area contributed by atoms with Crippen LogP contribution in [0, 0.1) is 0 Å². The fraction of sp³-hybridized carbons (Fsp3) is 0.136. The van der Waals surface area contributed by atoms with Crippen molar-refractivity contribution >= 4 is 75.3 Å². The Morgan fingerprint density at radius 2 is 1.87 bits per heavy atom. The smallest absolute Gasteiger partial charge is 0.338 e. The molecule has 1 aliphatic heterocycles. The molecule has 2 aromatic rings. The van der Waals surface area contributed by atoms with E-state index in [1.54, 1.807) is 19.1 Å². The van der Waals surface area contributed by atoms with Crippen LogP contribution in [-0.2, 0) is 4.74 Å². The molecule has 2 aromatic carbocycles. The Labute approximate surface area is 207 Å². The van der Waals surface area contributed by atoms with Crippen molar-refractivity contribution in [3.63, 3.8) is 0 Å². The van der Waals surface area contributed by atoms with E-state index < -0.39 is 12.1 Å². The summed E-state index contributed by atoms with van der Waals surface area (Å²) in [4.78, 5) is 12.7. The molecule has 0 fully saturated rings. The number of benzene rings is 2. The Bertz CT molecular complexity index is 1160. The van der Waals surface area contributed by atoms with Crippen LogP contribution in [0.3, 0.4) is 0 Å². The molecule has 1 unspecified atom stereocenters. The van der Waals surface area contributed by atoms with Crippen molar-refractivity contribution in [1.82, 2.24) is 0 Å². The summed E-state index contributed by atoms with van der Waals surface area (Å²) >= 11 is 14.1. The maximum Gasteiger partial charge on any atom is 0.338 e. The SMILES string of the molecule is CCOC(=O)c1ccccc1C1=C2C=C(Br)C(O)C(Br)=C2Oc2c(Br)cc(Br)cc21. The highest BCUT2D eigenvalue weighted by Gasteiger charge is 2.35. The zero-order chi connectivity index (χ0) is 21.6. The van der Waals surface area contributed by atoms with Gasteiger partial charge in [-0.25, -0.2) is 4.79 Å². The first-order chi connectivity index (χ1) is 14.3. The third-order valence-electron chi connectivity index (χ3n) is 4.69. The summed E-state index contributed by atoms with van der Waals surface area (Å²) in [5.41, 5.74) is 3.52. The van der Waals surface area contributed by atoms with E-state index in [2.05, 4.69) is 63.7 Å². The highest BCUT2D eigenvalue weighted by atomic mass is 79.9. The number of ether oxygens (including phenoxy) is 2. The predicted molar refractivity (Wildman–Crippen MR) is 130 cm³/mol. The number of halogens is 4. The van der Waals surface area contributed by atoms with Gasteiger partial charge in [0.25, 0.3) is 0 Å². The summed E-state index contributed by atoms with van der Waals surface area (Å²) in [6, 6.07) is 11.2. The van der Waals surface area contributed by atoms with Crippen molar-refractivity contribution in [2.24, 2.45) is 0 Å². The third-order valence-corrected chi connectivity index (χ3v) is 7.19. The number of hydrogen-bond donors (Lipinski definition) is 1. The van der Waals surface area contributed by atoms with Crippen LogP contribution < -0.4 is 4.74 Å². The van der Waals surface area contributed by atoms with Gasteiger partial charge in [0.05, 0.1) is 21.1 Å². The minimum absolute atomic E-state index is 0.282. The summed E-state index contributed by atoms with van der Waals surface area (Å²) in [6.07, 6.45) is 0.945. The molecule has 0 saturated carbocycles. The fourth-order valence-corrected chi connectivity index (χ4v) is 6.03. The Hall–Kier alpha value is -1.19. The Morgan fingerprint density at radius 3 is 2.60 bits per heavy atom. The molecule has 0 spiro atoms. The van der Waals surface area contributed by atoms with E-state index >= 15 is 0 Å². The number of aliphatic hydroxyl groups excluding tert-OH is 1. The Balaban J connectivity index is 2.10. The van der Waals surface area contributed by atoms with Gasteiger partial charge in [-0.1, -0.05) is 50.1 Å². The minimum atomic E-state index is -0.874. The van der Waals surface area contributed by atoms with E-state index in [0.717, 1.165) is 25.7 Å². The van der Waals surface area contributed by atoms with Crippen molar-refractivity contribution in [1.29, 1.82) is 0 Å². The predicted octanol–water partition coefficient (Wildman–Crippen LogP) is 6.84. The van der Waals surface area contributed by atoms with Gasteiger partial charge in [-0.05, 0) is 68.6 Å². The van der Waals surface area contributed by atoms with Gasteiger partial charge in [-0.15, -0.1) is 0 Å². The lowest BCUT2D eigenvalue weighted by Gasteiger charge is -2.31. The van der Waals surface area contributed by atoms with Gasteiger partial charge in [-0.3, -0.25) is 0 Å². The molecule has 30 heavy (non-hydrogen) atoms. The summed E-state index contributed by atoms with van der Waals surface area (Å²) in [6.45, 7) is 2.06. The number of fused-ring (bicyclic) bond motifs is 2. The molecular formula is C22H14Br4O4. The van der Waals surface area contributed by atoms with E-state index in [9.17, 15) is 9.90 Å². The van der Waals surface area contributed by atoms with Crippen molar-refractivity contribution in [2.75, 3.05) is 6.61 Å². The number of carbonyl (C=O) groups is 1. The van der Waals surface area contributed by atoms with Gasteiger partial charge in [0.1, 0.15) is 17.6 Å². The second-order valence-corrected chi connectivity index (χ2v) is 10.1. The quantitative estimate of drug-likeness (QED) is 0.366. The maximum atomic E-state index is 12.7. The second-order valence-electron chi connectivity index (χ2n) is 6.53. The number of esters is 1. The number of carbonyl (C=O) groups excluding carboxylic acids is 1. The van der Waals surface area contributed by atoms with Gasteiger partial charge in [0.2, 0.25) is 0 Å². The van der Waals surface area contributed by atoms with E-state index in [1.807, 2.05) is 30.3 Å². The van der Waals surface area contributed by atoms with Crippen LogP contribution >= 0.6 is 63.7 Å². The molecule has 1 atom stereocenters. The van der Waals surface area contributed by atoms with Gasteiger partial charge in [-0.2, -0.15) is 0 Å². The zero-order valence-corrected chi connectivity index (χ0v) is 21.9. The van der Waals surface area contributed by atoms with Gasteiger partial charge in [0.15, 0.2) is 0 Å². The average molecular weight is 662 g/mol. The van der Waals surface area contributed by atoms with Crippen LogP contribution in [0.5, 0.6) is 5.75 Å². The lowest BCUT2D eigenvalue weighted by molar-refractivity contribution is 0.0526. The molecule has 4 rings (SSSR count). The summed E-state index contributed by atoms with van der Waals surface area (Å²) in [7, 11) is 0. The van der Waals surface area contributed by atoms with Crippen LogP contribution in [0.2, 0.25) is 0 Å². The topological polar surface area (TPSA) is 55.8 Å². The minimum Gasteiger partial charge on any atom is -0.462 e. The Kier molecular flexibility index (Phi) is 6.42. The van der Waals surface area contributed by atoms with Crippen LogP contribution in [0.1, 0.15) is 28.4 Å². The van der Waals surface area contributed by atoms with Gasteiger partial charge in [0, 0.05) is 25.7 Å². The number of aliphatic hydroxyl groups is 1. The maximum absolute atomic E-state index is 12.7. The second kappa shape index (κ2) is 8.74. The van der Waals surface area contributed by atoms with Crippen LogP contribution in [0.25, 0.3) is 5.57 Å². The largest absolute Gasteiger partial charge is 0.462 e. The standard InChI is InChI=1S/C22H14Br4O4/c1-2-29-22(28)12-6-4-3-5-11(12)17-13-7-10(23)8-16(25)20(13)30-21-14(17)9-15(24)19(27)18(21)26/h3-9,19,27H,2H2,1H3. The molecule has 0 amide bonds. The van der Waals surface area contributed by atoms with Crippen molar-refractivity contribution in [3.8, 4) is 5.75 Å².